The van der Waals surface area contributed by atoms with Crippen molar-refractivity contribution >= 4 is 23.4 Å². The Bertz CT molecular complexity index is 484. The van der Waals surface area contributed by atoms with Crippen molar-refractivity contribution in [1.29, 1.82) is 0 Å². The average molecular weight is 307 g/mol. The maximum atomic E-state index is 12.2. The largest absolute Gasteiger partial charge is 0.326 e. The van der Waals surface area contributed by atoms with Crippen LogP contribution in [0, 0.1) is 6.92 Å². The molecule has 1 atom stereocenters. The molecule has 1 fully saturated rings. The van der Waals surface area contributed by atoms with E-state index < -0.39 is 0 Å². The van der Waals surface area contributed by atoms with Crippen molar-refractivity contribution in [2.75, 3.05) is 37.5 Å². The first-order valence-corrected chi connectivity index (χ1v) is 8.55. The van der Waals surface area contributed by atoms with Crippen molar-refractivity contribution in [2.24, 2.45) is 0 Å². The number of rotatable bonds is 5. The lowest BCUT2D eigenvalue weighted by Gasteiger charge is -2.23. The van der Waals surface area contributed by atoms with E-state index in [0.29, 0.717) is 12.5 Å². The van der Waals surface area contributed by atoms with Crippen molar-refractivity contribution in [3.63, 3.8) is 0 Å². The summed E-state index contributed by atoms with van der Waals surface area (Å²) in [7, 11) is 4.08. The van der Waals surface area contributed by atoms with Crippen LogP contribution in [0.3, 0.4) is 0 Å². The third-order valence-corrected chi connectivity index (χ3v) is 4.58. The predicted octanol–water partition coefficient (Wildman–Crippen LogP) is 2.09. The van der Waals surface area contributed by atoms with Crippen LogP contribution in [0.1, 0.15) is 17.5 Å². The van der Waals surface area contributed by atoms with Gasteiger partial charge in [-0.1, -0.05) is 17.7 Å². The molecule has 0 aromatic heterocycles. The lowest BCUT2D eigenvalue weighted by atomic mass is 10.1. The van der Waals surface area contributed by atoms with Crippen LogP contribution < -0.4 is 10.6 Å². The minimum atomic E-state index is 0.0962. The fourth-order valence-electron chi connectivity index (χ4n) is 2.49. The topological polar surface area (TPSA) is 44.4 Å². The summed E-state index contributed by atoms with van der Waals surface area (Å²) in [6, 6.07) is 6.50. The monoisotopic (exact) mass is 307 g/mol. The van der Waals surface area contributed by atoms with Gasteiger partial charge in [0.1, 0.15) is 0 Å². The van der Waals surface area contributed by atoms with Crippen molar-refractivity contribution in [3.8, 4) is 0 Å². The van der Waals surface area contributed by atoms with E-state index in [4.69, 9.17) is 0 Å². The van der Waals surface area contributed by atoms with E-state index >= 15 is 0 Å². The van der Waals surface area contributed by atoms with E-state index in [1.54, 1.807) is 0 Å². The third-order valence-electron chi connectivity index (χ3n) is 3.45. The predicted molar refractivity (Wildman–Crippen MR) is 90.9 cm³/mol. The molecule has 21 heavy (non-hydrogen) atoms. The highest BCUT2D eigenvalue weighted by Crippen LogP contribution is 2.19. The summed E-state index contributed by atoms with van der Waals surface area (Å²) in [4.78, 5) is 14.3. The standard InChI is InChI=1S/C16H25N3OS/c1-12-4-5-15(13(8-12)10-19(2)3)18-16(20)9-14-11-21-7-6-17-14/h4-5,8,14,17H,6-7,9-11H2,1-3H3,(H,18,20). The number of hydrogen-bond acceptors (Lipinski definition) is 4. The van der Waals surface area contributed by atoms with E-state index in [1.165, 1.54) is 11.1 Å². The van der Waals surface area contributed by atoms with Gasteiger partial charge in [-0.25, -0.2) is 0 Å². The molecule has 1 aliphatic heterocycles. The van der Waals surface area contributed by atoms with Gasteiger partial charge >= 0.3 is 0 Å². The molecule has 5 heteroatoms. The van der Waals surface area contributed by atoms with E-state index in [0.717, 1.165) is 30.3 Å². The van der Waals surface area contributed by atoms with Crippen LogP contribution in [0.25, 0.3) is 0 Å². The lowest BCUT2D eigenvalue weighted by Crippen LogP contribution is -2.40. The molecule has 1 amide bonds. The highest BCUT2D eigenvalue weighted by Gasteiger charge is 2.17. The molecule has 0 spiro atoms. The fraction of sp³-hybridized carbons (Fsp3) is 0.562. The Morgan fingerprint density at radius 2 is 2.29 bits per heavy atom. The third kappa shape index (κ3) is 5.34. The minimum absolute atomic E-state index is 0.0962. The second-order valence-corrected chi connectivity index (χ2v) is 7.03. The summed E-state index contributed by atoms with van der Waals surface area (Å²) < 4.78 is 0. The molecule has 1 unspecified atom stereocenters. The normalized spacial score (nSPS) is 18.8. The van der Waals surface area contributed by atoms with Gasteiger partial charge in [-0.3, -0.25) is 4.79 Å². The number of hydrogen-bond donors (Lipinski definition) is 2. The Hall–Kier alpha value is -1.04. The summed E-state index contributed by atoms with van der Waals surface area (Å²) in [6.45, 7) is 3.90. The van der Waals surface area contributed by atoms with Crippen molar-refractivity contribution in [1.82, 2.24) is 10.2 Å². The molecule has 0 radical (unpaired) electrons. The maximum absolute atomic E-state index is 12.2. The zero-order valence-electron chi connectivity index (χ0n) is 13.1. The van der Waals surface area contributed by atoms with Crippen LogP contribution >= 0.6 is 11.8 Å². The smallest absolute Gasteiger partial charge is 0.225 e. The van der Waals surface area contributed by atoms with Gasteiger partial charge in [0, 0.05) is 42.7 Å². The van der Waals surface area contributed by atoms with E-state index in [1.807, 2.05) is 38.0 Å². The molecule has 2 N–H and O–H groups in total. The highest BCUT2D eigenvalue weighted by molar-refractivity contribution is 7.99. The molecular formula is C16H25N3OS. The summed E-state index contributed by atoms with van der Waals surface area (Å²) in [5.41, 5.74) is 3.32. The quantitative estimate of drug-likeness (QED) is 0.874. The number of anilines is 1. The van der Waals surface area contributed by atoms with Gasteiger partial charge in [-0.05, 0) is 32.6 Å². The zero-order valence-corrected chi connectivity index (χ0v) is 13.9. The number of nitrogens with zero attached hydrogens (tertiary/aromatic N) is 1. The van der Waals surface area contributed by atoms with Gasteiger partial charge in [0.15, 0.2) is 0 Å². The van der Waals surface area contributed by atoms with Crippen LogP contribution in [0.2, 0.25) is 0 Å². The van der Waals surface area contributed by atoms with Crippen LogP contribution in [0.5, 0.6) is 0 Å². The molecule has 0 saturated carbocycles. The summed E-state index contributed by atoms with van der Waals surface area (Å²) in [5.74, 6) is 2.26. The van der Waals surface area contributed by atoms with Gasteiger partial charge in [0.25, 0.3) is 0 Å². The highest BCUT2D eigenvalue weighted by atomic mass is 32.2. The Morgan fingerprint density at radius 1 is 1.48 bits per heavy atom. The number of carbonyl (C=O) groups excluding carboxylic acids is 1. The van der Waals surface area contributed by atoms with Crippen LogP contribution in [-0.2, 0) is 11.3 Å². The number of aryl methyl sites for hydroxylation is 1. The van der Waals surface area contributed by atoms with Gasteiger partial charge in [0.05, 0.1) is 0 Å². The van der Waals surface area contributed by atoms with Crippen molar-refractivity contribution < 1.29 is 4.79 Å². The molecule has 1 saturated heterocycles. The Kier molecular flexibility index (Phi) is 6.08. The van der Waals surface area contributed by atoms with Crippen molar-refractivity contribution in [2.45, 2.75) is 25.9 Å². The first-order chi connectivity index (χ1) is 10.0. The van der Waals surface area contributed by atoms with Gasteiger partial charge in [-0.2, -0.15) is 11.8 Å². The molecule has 2 rings (SSSR count). The molecule has 1 aromatic carbocycles. The van der Waals surface area contributed by atoms with Gasteiger partial charge in [0.2, 0.25) is 5.91 Å². The number of amides is 1. The van der Waals surface area contributed by atoms with E-state index in [9.17, 15) is 4.79 Å². The molecular weight excluding hydrogens is 282 g/mol. The van der Waals surface area contributed by atoms with Crippen molar-refractivity contribution in [3.05, 3.63) is 29.3 Å². The average Bonchev–Trinajstić information content (AvgIpc) is 2.42. The first-order valence-electron chi connectivity index (χ1n) is 7.40. The Labute approximate surface area is 131 Å². The molecule has 0 aliphatic carbocycles. The maximum Gasteiger partial charge on any atom is 0.225 e. The molecule has 1 heterocycles. The second kappa shape index (κ2) is 7.82. The SMILES string of the molecule is Cc1ccc(NC(=O)CC2CSCCN2)c(CN(C)C)c1. The fourth-order valence-corrected chi connectivity index (χ4v) is 3.44. The molecule has 116 valence electrons. The van der Waals surface area contributed by atoms with Gasteiger partial charge in [-0.15, -0.1) is 0 Å². The van der Waals surface area contributed by atoms with Crippen LogP contribution in [-0.4, -0.2) is 49.0 Å². The first kappa shape index (κ1) is 16.3. The summed E-state index contributed by atoms with van der Waals surface area (Å²) in [5, 5.41) is 6.48. The minimum Gasteiger partial charge on any atom is -0.326 e. The second-order valence-electron chi connectivity index (χ2n) is 5.88. The number of nitrogens with one attached hydrogen (secondary N) is 2. The molecule has 1 aromatic rings. The van der Waals surface area contributed by atoms with Crippen LogP contribution in [0.15, 0.2) is 18.2 Å². The number of benzene rings is 1. The summed E-state index contributed by atoms with van der Waals surface area (Å²) >= 11 is 1.92. The van der Waals surface area contributed by atoms with Crippen LogP contribution in [0.4, 0.5) is 5.69 Å². The van der Waals surface area contributed by atoms with E-state index in [-0.39, 0.29) is 5.91 Å². The lowest BCUT2D eigenvalue weighted by molar-refractivity contribution is -0.116. The Morgan fingerprint density at radius 3 is 2.95 bits per heavy atom. The molecule has 0 bridgehead atoms. The number of carbonyl (C=O) groups is 1. The molecule has 1 aliphatic rings. The van der Waals surface area contributed by atoms with E-state index in [2.05, 4.69) is 28.5 Å². The zero-order chi connectivity index (χ0) is 15.2. The molecule has 4 nitrogen and oxygen atoms in total. The summed E-state index contributed by atoms with van der Waals surface area (Å²) in [6.07, 6.45) is 0.544. The van der Waals surface area contributed by atoms with Gasteiger partial charge < -0.3 is 15.5 Å². The number of thioether (sulfide) groups is 1. The Balaban J connectivity index is 1.98.